The van der Waals surface area contributed by atoms with Gasteiger partial charge in [-0.3, -0.25) is 4.79 Å². The molecule has 0 N–H and O–H groups in total. The first-order valence-electron chi connectivity index (χ1n) is 5.08. The second kappa shape index (κ2) is 4.68. The predicted molar refractivity (Wildman–Crippen MR) is 61.8 cm³/mol. The van der Waals surface area contributed by atoms with Gasteiger partial charge in [0.2, 0.25) is 15.0 Å². The standard InChI is InChI=1S/C10H7ClF3NO3S/c11-19(17,18)6-3-9(16)15(4-6)5-1-7(12)10(14)8(13)2-5/h1-2,6H,3-4H2. The maximum atomic E-state index is 13.1. The summed E-state index contributed by atoms with van der Waals surface area (Å²) in [5.41, 5.74) is -0.246. The van der Waals surface area contributed by atoms with Gasteiger partial charge in [-0.25, -0.2) is 21.6 Å². The SMILES string of the molecule is O=C1CC(S(=O)(=O)Cl)CN1c1cc(F)c(F)c(F)c1. The number of amides is 1. The van der Waals surface area contributed by atoms with Crippen molar-refractivity contribution in [2.24, 2.45) is 0 Å². The van der Waals surface area contributed by atoms with Gasteiger partial charge in [0.15, 0.2) is 17.5 Å². The maximum absolute atomic E-state index is 13.1. The maximum Gasteiger partial charge on any atom is 0.237 e. The molecule has 1 aliphatic rings. The van der Waals surface area contributed by atoms with Gasteiger partial charge in [0, 0.05) is 41.5 Å². The van der Waals surface area contributed by atoms with Gasteiger partial charge in [0.05, 0.1) is 0 Å². The summed E-state index contributed by atoms with van der Waals surface area (Å²) < 4.78 is 61.1. The number of carbonyl (C=O) groups excluding carboxylic acids is 1. The van der Waals surface area contributed by atoms with Crippen LogP contribution in [0.25, 0.3) is 0 Å². The number of rotatable bonds is 2. The normalized spacial score (nSPS) is 20.1. The highest BCUT2D eigenvalue weighted by molar-refractivity contribution is 8.14. The van der Waals surface area contributed by atoms with Crippen molar-refractivity contribution < 1.29 is 26.4 Å². The molecule has 2 rings (SSSR count). The minimum Gasteiger partial charge on any atom is -0.311 e. The van der Waals surface area contributed by atoms with Gasteiger partial charge in [-0.2, -0.15) is 0 Å². The summed E-state index contributed by atoms with van der Waals surface area (Å²) in [6.07, 6.45) is -0.382. The van der Waals surface area contributed by atoms with Crippen molar-refractivity contribution in [3.63, 3.8) is 0 Å². The Morgan fingerprint density at radius 1 is 1.21 bits per heavy atom. The fourth-order valence-electron chi connectivity index (χ4n) is 1.81. The molecule has 1 aromatic rings. The molecule has 1 unspecified atom stereocenters. The number of hydrogen-bond donors (Lipinski definition) is 0. The van der Waals surface area contributed by atoms with E-state index >= 15 is 0 Å². The summed E-state index contributed by atoms with van der Waals surface area (Å²) in [4.78, 5) is 12.5. The van der Waals surface area contributed by atoms with Crippen LogP contribution in [-0.4, -0.2) is 26.1 Å². The third kappa shape index (κ3) is 2.69. The Bertz CT molecular complexity index is 626. The molecule has 4 nitrogen and oxygen atoms in total. The zero-order valence-electron chi connectivity index (χ0n) is 9.24. The molecular formula is C10H7ClF3NO3S. The van der Waals surface area contributed by atoms with Crippen LogP contribution in [0.4, 0.5) is 18.9 Å². The number of anilines is 1. The van der Waals surface area contributed by atoms with Crippen LogP contribution in [0, 0.1) is 17.5 Å². The van der Waals surface area contributed by atoms with Crippen molar-refractivity contribution in [2.45, 2.75) is 11.7 Å². The molecule has 0 bridgehead atoms. The Morgan fingerprint density at radius 2 is 1.74 bits per heavy atom. The van der Waals surface area contributed by atoms with Crippen molar-refractivity contribution in [2.75, 3.05) is 11.4 Å². The van der Waals surface area contributed by atoms with Crippen molar-refractivity contribution in [1.29, 1.82) is 0 Å². The summed E-state index contributed by atoms with van der Waals surface area (Å²) in [7, 11) is 1.17. The summed E-state index contributed by atoms with van der Waals surface area (Å²) >= 11 is 0. The van der Waals surface area contributed by atoms with Crippen LogP contribution in [0.1, 0.15) is 6.42 Å². The van der Waals surface area contributed by atoms with Crippen LogP contribution in [-0.2, 0) is 13.8 Å². The van der Waals surface area contributed by atoms with E-state index < -0.39 is 37.7 Å². The van der Waals surface area contributed by atoms with Crippen LogP contribution in [0.2, 0.25) is 0 Å². The van der Waals surface area contributed by atoms with E-state index in [1.54, 1.807) is 0 Å². The van der Waals surface area contributed by atoms with Crippen LogP contribution < -0.4 is 4.90 Å². The van der Waals surface area contributed by atoms with E-state index in [0.717, 1.165) is 4.90 Å². The van der Waals surface area contributed by atoms with Gasteiger partial charge < -0.3 is 4.90 Å². The highest BCUT2D eigenvalue weighted by Crippen LogP contribution is 2.28. The molecule has 0 saturated carbocycles. The Morgan fingerprint density at radius 3 is 2.16 bits per heavy atom. The molecule has 104 valence electrons. The third-order valence-corrected chi connectivity index (χ3v) is 4.64. The molecule has 19 heavy (non-hydrogen) atoms. The molecule has 1 aromatic carbocycles. The van der Waals surface area contributed by atoms with Crippen molar-refractivity contribution in [3.05, 3.63) is 29.6 Å². The molecule has 1 saturated heterocycles. The summed E-state index contributed by atoms with van der Waals surface area (Å²) in [6.45, 7) is -0.324. The fourth-order valence-corrected chi connectivity index (χ4v) is 2.84. The summed E-state index contributed by atoms with van der Waals surface area (Å²) in [5.74, 6) is -5.23. The summed E-state index contributed by atoms with van der Waals surface area (Å²) in [6, 6.07) is 1.25. The molecular weight excluding hydrogens is 307 g/mol. The molecule has 1 fully saturated rings. The van der Waals surface area contributed by atoms with Crippen LogP contribution in [0.5, 0.6) is 0 Å². The van der Waals surface area contributed by atoms with E-state index in [9.17, 15) is 26.4 Å². The Kier molecular flexibility index (Phi) is 3.48. The highest BCUT2D eigenvalue weighted by atomic mass is 35.7. The molecule has 1 amide bonds. The minimum atomic E-state index is -3.96. The molecule has 1 atom stereocenters. The van der Waals surface area contributed by atoms with Crippen molar-refractivity contribution in [3.8, 4) is 0 Å². The van der Waals surface area contributed by atoms with Crippen molar-refractivity contribution >= 4 is 31.3 Å². The van der Waals surface area contributed by atoms with Crippen LogP contribution in [0.3, 0.4) is 0 Å². The Labute approximate surface area is 111 Å². The second-order valence-electron chi connectivity index (χ2n) is 4.03. The van der Waals surface area contributed by atoms with Gasteiger partial charge in [-0.1, -0.05) is 0 Å². The zero-order valence-corrected chi connectivity index (χ0v) is 10.8. The van der Waals surface area contributed by atoms with Crippen molar-refractivity contribution in [1.82, 2.24) is 0 Å². The lowest BCUT2D eigenvalue weighted by atomic mass is 10.2. The lowest BCUT2D eigenvalue weighted by molar-refractivity contribution is -0.117. The second-order valence-corrected chi connectivity index (χ2v) is 6.94. The first kappa shape index (κ1) is 14.1. The van der Waals surface area contributed by atoms with Gasteiger partial charge in [0.25, 0.3) is 0 Å². The third-order valence-electron chi connectivity index (χ3n) is 2.77. The smallest absolute Gasteiger partial charge is 0.237 e. The van der Waals surface area contributed by atoms with Gasteiger partial charge in [-0.15, -0.1) is 0 Å². The van der Waals surface area contributed by atoms with E-state index in [-0.39, 0.29) is 18.7 Å². The molecule has 0 spiro atoms. The van der Waals surface area contributed by atoms with E-state index in [2.05, 4.69) is 0 Å². The fraction of sp³-hybridized carbons (Fsp3) is 0.300. The summed E-state index contributed by atoms with van der Waals surface area (Å²) in [5, 5.41) is -1.15. The Balaban J connectivity index is 2.36. The lowest BCUT2D eigenvalue weighted by Gasteiger charge is -2.16. The van der Waals surface area contributed by atoms with Crippen LogP contribution >= 0.6 is 10.7 Å². The largest absolute Gasteiger partial charge is 0.311 e. The molecule has 0 aromatic heterocycles. The minimum absolute atomic E-state index is 0.246. The zero-order chi connectivity index (χ0) is 14.4. The quantitative estimate of drug-likeness (QED) is 0.618. The number of hydrogen-bond acceptors (Lipinski definition) is 3. The molecule has 9 heteroatoms. The average Bonchev–Trinajstić information content (AvgIpc) is 2.67. The van der Waals surface area contributed by atoms with E-state index in [1.165, 1.54) is 0 Å². The topological polar surface area (TPSA) is 54.5 Å². The molecule has 0 aliphatic carbocycles. The molecule has 1 heterocycles. The molecule has 1 aliphatic heterocycles. The van der Waals surface area contributed by atoms with E-state index in [0.29, 0.717) is 12.1 Å². The predicted octanol–water partition coefficient (Wildman–Crippen LogP) is 1.78. The van der Waals surface area contributed by atoms with E-state index in [1.807, 2.05) is 0 Å². The number of carbonyl (C=O) groups is 1. The number of nitrogens with zero attached hydrogens (tertiary/aromatic N) is 1. The lowest BCUT2D eigenvalue weighted by Crippen LogP contribution is -2.27. The van der Waals surface area contributed by atoms with Crippen LogP contribution in [0.15, 0.2) is 12.1 Å². The van der Waals surface area contributed by atoms with Gasteiger partial charge >= 0.3 is 0 Å². The monoisotopic (exact) mass is 313 g/mol. The first-order chi connectivity index (χ1) is 8.70. The van der Waals surface area contributed by atoms with Gasteiger partial charge in [-0.05, 0) is 0 Å². The molecule has 0 radical (unpaired) electrons. The highest BCUT2D eigenvalue weighted by Gasteiger charge is 2.38. The average molecular weight is 314 g/mol. The Hall–Kier alpha value is -1.28. The number of halogens is 4. The van der Waals surface area contributed by atoms with E-state index in [4.69, 9.17) is 10.7 Å². The first-order valence-corrected chi connectivity index (χ1v) is 7.46. The number of benzene rings is 1. The van der Waals surface area contributed by atoms with Gasteiger partial charge in [0.1, 0.15) is 5.25 Å².